The van der Waals surface area contributed by atoms with Gasteiger partial charge in [0.05, 0.1) is 6.61 Å². The molecule has 0 aliphatic carbocycles. The Labute approximate surface area is 127 Å². The van der Waals surface area contributed by atoms with E-state index in [-0.39, 0.29) is 11.9 Å². The SMILES string of the molecule is CCCCCC(C(=N)OCc1ccccc1)C(=O)OCC. The molecule has 1 N–H and O–H groups in total. The van der Waals surface area contributed by atoms with Gasteiger partial charge in [-0.1, -0.05) is 56.5 Å². The van der Waals surface area contributed by atoms with Crippen molar-refractivity contribution in [2.45, 2.75) is 46.1 Å². The number of ether oxygens (including phenoxy) is 2. The molecule has 4 heteroatoms. The molecule has 0 aromatic heterocycles. The summed E-state index contributed by atoms with van der Waals surface area (Å²) < 4.78 is 10.5. The summed E-state index contributed by atoms with van der Waals surface area (Å²) in [5.74, 6) is -0.930. The molecule has 0 fully saturated rings. The summed E-state index contributed by atoms with van der Waals surface area (Å²) in [5, 5.41) is 8.02. The minimum atomic E-state index is -0.583. The lowest BCUT2D eigenvalue weighted by atomic mass is 10.0. The van der Waals surface area contributed by atoms with Crippen LogP contribution in [0.5, 0.6) is 0 Å². The first-order valence-electron chi connectivity index (χ1n) is 7.60. The third-order valence-electron chi connectivity index (χ3n) is 3.22. The van der Waals surface area contributed by atoms with Crippen LogP contribution >= 0.6 is 0 Å². The van der Waals surface area contributed by atoms with Crippen LogP contribution in [0, 0.1) is 11.3 Å². The van der Waals surface area contributed by atoms with E-state index in [0.29, 0.717) is 19.6 Å². The van der Waals surface area contributed by atoms with Gasteiger partial charge in [-0.15, -0.1) is 0 Å². The molecule has 4 nitrogen and oxygen atoms in total. The largest absolute Gasteiger partial charge is 0.476 e. The molecule has 1 atom stereocenters. The minimum Gasteiger partial charge on any atom is -0.476 e. The van der Waals surface area contributed by atoms with Gasteiger partial charge in [-0.05, 0) is 18.9 Å². The molecule has 0 amide bonds. The van der Waals surface area contributed by atoms with Crippen molar-refractivity contribution < 1.29 is 14.3 Å². The van der Waals surface area contributed by atoms with E-state index in [4.69, 9.17) is 14.9 Å². The van der Waals surface area contributed by atoms with E-state index in [1.54, 1.807) is 6.92 Å². The summed E-state index contributed by atoms with van der Waals surface area (Å²) >= 11 is 0. The quantitative estimate of drug-likeness (QED) is 0.324. The molecule has 116 valence electrons. The fraction of sp³-hybridized carbons (Fsp3) is 0.529. The smallest absolute Gasteiger partial charge is 0.318 e. The molecular weight excluding hydrogens is 266 g/mol. The molecule has 0 aliphatic heterocycles. The van der Waals surface area contributed by atoms with Crippen LogP contribution in [0.3, 0.4) is 0 Å². The van der Waals surface area contributed by atoms with E-state index in [1.165, 1.54) is 0 Å². The number of carbonyl (C=O) groups is 1. The van der Waals surface area contributed by atoms with Crippen LogP contribution in [0.2, 0.25) is 0 Å². The molecule has 0 saturated heterocycles. The Morgan fingerprint density at radius 3 is 2.48 bits per heavy atom. The summed E-state index contributed by atoms with van der Waals surface area (Å²) in [6.07, 6.45) is 3.63. The zero-order chi connectivity index (χ0) is 15.5. The second-order valence-electron chi connectivity index (χ2n) is 4.94. The van der Waals surface area contributed by atoms with Crippen molar-refractivity contribution in [1.82, 2.24) is 0 Å². The average molecular weight is 291 g/mol. The summed E-state index contributed by atoms with van der Waals surface area (Å²) in [5.41, 5.74) is 0.985. The number of rotatable bonds is 9. The van der Waals surface area contributed by atoms with E-state index in [1.807, 2.05) is 30.3 Å². The van der Waals surface area contributed by atoms with Gasteiger partial charge >= 0.3 is 5.97 Å². The van der Waals surface area contributed by atoms with Gasteiger partial charge in [-0.25, -0.2) is 0 Å². The maximum absolute atomic E-state index is 11.9. The van der Waals surface area contributed by atoms with Crippen molar-refractivity contribution in [3.63, 3.8) is 0 Å². The van der Waals surface area contributed by atoms with Gasteiger partial charge in [-0.3, -0.25) is 10.2 Å². The molecule has 1 rings (SSSR count). The minimum absolute atomic E-state index is 0.00778. The highest BCUT2D eigenvalue weighted by molar-refractivity contribution is 5.96. The van der Waals surface area contributed by atoms with E-state index in [0.717, 1.165) is 24.8 Å². The maximum Gasteiger partial charge on any atom is 0.318 e. The Hall–Kier alpha value is -1.84. The van der Waals surface area contributed by atoms with Gasteiger partial charge < -0.3 is 9.47 Å². The molecule has 0 heterocycles. The summed E-state index contributed by atoms with van der Waals surface area (Å²) in [6.45, 7) is 4.52. The molecule has 0 spiro atoms. The van der Waals surface area contributed by atoms with Crippen molar-refractivity contribution in [1.29, 1.82) is 5.41 Å². The lowest BCUT2D eigenvalue weighted by molar-refractivity contribution is -0.146. The third kappa shape index (κ3) is 6.43. The Morgan fingerprint density at radius 1 is 1.14 bits per heavy atom. The summed E-state index contributed by atoms with van der Waals surface area (Å²) in [7, 11) is 0. The van der Waals surface area contributed by atoms with Gasteiger partial charge in [0.2, 0.25) is 0 Å². The molecule has 0 saturated carbocycles. The van der Waals surface area contributed by atoms with E-state index >= 15 is 0 Å². The Balaban J connectivity index is 2.55. The monoisotopic (exact) mass is 291 g/mol. The molecular formula is C17H25NO3. The number of benzene rings is 1. The van der Waals surface area contributed by atoms with Gasteiger partial charge in [0.25, 0.3) is 0 Å². The molecule has 1 aromatic rings. The van der Waals surface area contributed by atoms with Crippen LogP contribution in [-0.2, 0) is 20.9 Å². The maximum atomic E-state index is 11.9. The molecule has 1 aromatic carbocycles. The topological polar surface area (TPSA) is 59.4 Å². The van der Waals surface area contributed by atoms with Crippen molar-refractivity contribution in [2.75, 3.05) is 6.61 Å². The number of carbonyl (C=O) groups excluding carboxylic acids is 1. The Morgan fingerprint density at radius 2 is 1.86 bits per heavy atom. The highest BCUT2D eigenvalue weighted by Crippen LogP contribution is 2.15. The van der Waals surface area contributed by atoms with Crippen molar-refractivity contribution in [3.05, 3.63) is 35.9 Å². The van der Waals surface area contributed by atoms with Crippen LogP contribution in [0.25, 0.3) is 0 Å². The summed E-state index contributed by atoms with van der Waals surface area (Å²) in [4.78, 5) is 11.9. The molecule has 0 aliphatic rings. The van der Waals surface area contributed by atoms with Gasteiger partial charge in [-0.2, -0.15) is 0 Å². The average Bonchev–Trinajstić information content (AvgIpc) is 2.50. The van der Waals surface area contributed by atoms with Crippen LogP contribution in [-0.4, -0.2) is 18.5 Å². The normalized spacial score (nSPS) is 11.7. The van der Waals surface area contributed by atoms with Crippen LogP contribution < -0.4 is 0 Å². The number of unbranched alkanes of at least 4 members (excludes halogenated alkanes) is 2. The fourth-order valence-electron chi connectivity index (χ4n) is 2.03. The highest BCUT2D eigenvalue weighted by Gasteiger charge is 2.25. The zero-order valence-electron chi connectivity index (χ0n) is 12.9. The van der Waals surface area contributed by atoms with Gasteiger partial charge in [0, 0.05) is 0 Å². The predicted octanol–water partition coefficient (Wildman–Crippen LogP) is 3.94. The van der Waals surface area contributed by atoms with Crippen LogP contribution in [0.15, 0.2) is 30.3 Å². The second-order valence-corrected chi connectivity index (χ2v) is 4.94. The lowest BCUT2D eigenvalue weighted by Gasteiger charge is -2.17. The molecule has 0 bridgehead atoms. The number of nitrogens with one attached hydrogen (secondary N) is 1. The summed E-state index contributed by atoms with van der Waals surface area (Å²) in [6, 6.07) is 9.65. The second kappa shape index (κ2) is 9.97. The van der Waals surface area contributed by atoms with E-state index in [2.05, 4.69) is 6.92 Å². The lowest BCUT2D eigenvalue weighted by Crippen LogP contribution is -2.27. The van der Waals surface area contributed by atoms with Crippen molar-refractivity contribution in [3.8, 4) is 0 Å². The number of hydrogen-bond donors (Lipinski definition) is 1. The van der Waals surface area contributed by atoms with Crippen molar-refractivity contribution >= 4 is 11.9 Å². The fourth-order valence-corrected chi connectivity index (χ4v) is 2.03. The first kappa shape index (κ1) is 17.2. The zero-order valence-corrected chi connectivity index (χ0v) is 12.9. The molecule has 21 heavy (non-hydrogen) atoms. The number of hydrogen-bond acceptors (Lipinski definition) is 4. The Bertz CT molecular complexity index is 431. The molecule has 1 unspecified atom stereocenters. The highest BCUT2D eigenvalue weighted by atomic mass is 16.5. The van der Waals surface area contributed by atoms with Crippen molar-refractivity contribution in [2.24, 2.45) is 5.92 Å². The van der Waals surface area contributed by atoms with E-state index in [9.17, 15) is 4.79 Å². The van der Waals surface area contributed by atoms with Crippen LogP contribution in [0.1, 0.15) is 45.1 Å². The number of esters is 1. The standard InChI is InChI=1S/C17H25NO3/c1-3-5-7-12-15(17(19)20-4-2)16(18)21-13-14-10-8-6-9-11-14/h6,8-11,15,18H,3-5,7,12-13H2,1-2H3. The first-order valence-corrected chi connectivity index (χ1v) is 7.60. The predicted molar refractivity (Wildman–Crippen MR) is 83.2 cm³/mol. The Kier molecular flexibility index (Phi) is 8.17. The first-order chi connectivity index (χ1) is 10.2. The van der Waals surface area contributed by atoms with Gasteiger partial charge in [0.1, 0.15) is 12.5 Å². The van der Waals surface area contributed by atoms with Gasteiger partial charge in [0.15, 0.2) is 5.90 Å². The molecule has 0 radical (unpaired) electrons. The third-order valence-corrected chi connectivity index (χ3v) is 3.22. The van der Waals surface area contributed by atoms with E-state index < -0.39 is 5.92 Å². The van der Waals surface area contributed by atoms with Crippen LogP contribution in [0.4, 0.5) is 0 Å².